The second kappa shape index (κ2) is 7.76. The van der Waals surface area contributed by atoms with Crippen LogP contribution < -0.4 is 10.7 Å². The lowest BCUT2D eigenvalue weighted by Gasteiger charge is -2.34. The number of benzene rings is 2. The first kappa shape index (κ1) is 16.9. The lowest BCUT2D eigenvalue weighted by atomic mass is 10.2. The number of amides is 3. The largest absolute Gasteiger partial charge is 0.322 e. The van der Waals surface area contributed by atoms with E-state index in [1.54, 1.807) is 9.91 Å². The Labute approximate surface area is 145 Å². The maximum absolute atomic E-state index is 12.9. The number of piperazine rings is 1. The van der Waals surface area contributed by atoms with Crippen molar-refractivity contribution in [2.24, 2.45) is 0 Å². The average molecular weight is 342 g/mol. The number of hydrogen-bond donors (Lipinski definition) is 2. The molecular formula is C18H19FN4O2. The number of hydrazine groups is 1. The van der Waals surface area contributed by atoms with Crippen molar-refractivity contribution >= 4 is 17.6 Å². The van der Waals surface area contributed by atoms with E-state index < -0.39 is 0 Å². The molecule has 2 aromatic carbocycles. The van der Waals surface area contributed by atoms with E-state index in [0.29, 0.717) is 31.7 Å². The number of carbonyl (C=O) groups excluding carboxylic acids is 2. The second-order valence-corrected chi connectivity index (χ2v) is 5.72. The van der Waals surface area contributed by atoms with E-state index >= 15 is 0 Å². The number of anilines is 1. The van der Waals surface area contributed by atoms with E-state index in [4.69, 9.17) is 0 Å². The van der Waals surface area contributed by atoms with Crippen LogP contribution in [0.1, 0.15) is 10.4 Å². The molecular weight excluding hydrogens is 323 g/mol. The maximum atomic E-state index is 12.9. The molecule has 3 rings (SSSR count). The molecule has 3 amide bonds. The van der Waals surface area contributed by atoms with Crippen LogP contribution in [0.4, 0.5) is 14.9 Å². The molecule has 1 heterocycles. The van der Waals surface area contributed by atoms with E-state index in [1.165, 1.54) is 24.3 Å². The molecule has 7 heteroatoms. The molecule has 0 unspecified atom stereocenters. The molecule has 2 N–H and O–H groups in total. The Kier molecular flexibility index (Phi) is 5.25. The van der Waals surface area contributed by atoms with Crippen molar-refractivity contribution in [3.63, 3.8) is 0 Å². The van der Waals surface area contributed by atoms with Gasteiger partial charge in [-0.15, -0.1) is 0 Å². The van der Waals surface area contributed by atoms with Crippen LogP contribution in [0.2, 0.25) is 0 Å². The minimum absolute atomic E-state index is 0.157. The maximum Gasteiger partial charge on any atom is 0.321 e. The molecule has 0 aromatic heterocycles. The lowest BCUT2D eigenvalue weighted by molar-refractivity contribution is 0.0680. The minimum atomic E-state index is -0.380. The summed E-state index contributed by atoms with van der Waals surface area (Å²) in [5.41, 5.74) is 3.92. The summed E-state index contributed by atoms with van der Waals surface area (Å²) in [6.45, 7) is 2.05. The quantitative estimate of drug-likeness (QED) is 0.900. The molecule has 0 atom stereocenters. The number of halogens is 1. The topological polar surface area (TPSA) is 64.7 Å². The van der Waals surface area contributed by atoms with Crippen LogP contribution in [0.15, 0.2) is 54.6 Å². The molecule has 2 aromatic rings. The van der Waals surface area contributed by atoms with Gasteiger partial charge in [0.25, 0.3) is 5.91 Å². The zero-order chi connectivity index (χ0) is 17.6. The van der Waals surface area contributed by atoms with Gasteiger partial charge in [-0.2, -0.15) is 0 Å². The van der Waals surface area contributed by atoms with Gasteiger partial charge in [-0.1, -0.05) is 18.2 Å². The van der Waals surface area contributed by atoms with Gasteiger partial charge < -0.3 is 10.2 Å². The van der Waals surface area contributed by atoms with Crippen molar-refractivity contribution in [1.82, 2.24) is 15.3 Å². The van der Waals surface area contributed by atoms with E-state index in [1.807, 2.05) is 30.3 Å². The van der Waals surface area contributed by atoms with Gasteiger partial charge in [0, 0.05) is 37.4 Å². The molecule has 1 aliphatic rings. The highest BCUT2D eigenvalue weighted by Crippen LogP contribution is 2.09. The van der Waals surface area contributed by atoms with Gasteiger partial charge in [0.05, 0.1) is 0 Å². The first-order chi connectivity index (χ1) is 12.1. The number of nitrogens with zero attached hydrogens (tertiary/aromatic N) is 2. The van der Waals surface area contributed by atoms with Gasteiger partial charge in [0.15, 0.2) is 0 Å². The molecule has 0 saturated carbocycles. The monoisotopic (exact) mass is 342 g/mol. The van der Waals surface area contributed by atoms with Crippen molar-refractivity contribution in [3.05, 3.63) is 66.0 Å². The fourth-order valence-corrected chi connectivity index (χ4v) is 2.55. The fraction of sp³-hybridized carbons (Fsp3) is 0.222. The molecule has 1 aliphatic heterocycles. The van der Waals surface area contributed by atoms with E-state index in [-0.39, 0.29) is 17.8 Å². The standard InChI is InChI=1S/C18H19FN4O2/c19-15-8-6-14(7-9-15)17(24)21-23-12-10-22(11-13-23)18(25)20-16-4-2-1-3-5-16/h1-9H,10-13H2,(H,20,25)(H,21,24). The Hall–Kier alpha value is -2.93. The summed E-state index contributed by atoms with van der Waals surface area (Å²) in [7, 11) is 0. The Morgan fingerprint density at radius 2 is 1.52 bits per heavy atom. The molecule has 6 nitrogen and oxygen atoms in total. The predicted molar refractivity (Wildman–Crippen MR) is 92.5 cm³/mol. The third-order valence-corrected chi connectivity index (χ3v) is 3.96. The molecule has 0 spiro atoms. The van der Waals surface area contributed by atoms with Crippen LogP contribution in [-0.2, 0) is 0 Å². The summed E-state index contributed by atoms with van der Waals surface area (Å²) in [6.07, 6.45) is 0. The van der Waals surface area contributed by atoms with E-state index in [0.717, 1.165) is 5.69 Å². The van der Waals surface area contributed by atoms with Crippen LogP contribution in [0, 0.1) is 5.82 Å². The van der Waals surface area contributed by atoms with Crippen molar-refractivity contribution in [1.29, 1.82) is 0 Å². The fourth-order valence-electron chi connectivity index (χ4n) is 2.55. The van der Waals surface area contributed by atoms with Crippen LogP contribution in [0.5, 0.6) is 0 Å². The first-order valence-corrected chi connectivity index (χ1v) is 8.04. The third-order valence-electron chi connectivity index (χ3n) is 3.96. The Morgan fingerprint density at radius 1 is 0.880 bits per heavy atom. The number of hydrogen-bond acceptors (Lipinski definition) is 3. The highest BCUT2D eigenvalue weighted by Gasteiger charge is 2.22. The molecule has 25 heavy (non-hydrogen) atoms. The van der Waals surface area contributed by atoms with Crippen LogP contribution >= 0.6 is 0 Å². The van der Waals surface area contributed by atoms with Gasteiger partial charge in [-0.05, 0) is 36.4 Å². The van der Waals surface area contributed by atoms with Crippen molar-refractivity contribution in [3.8, 4) is 0 Å². The molecule has 0 aliphatic carbocycles. The van der Waals surface area contributed by atoms with Crippen LogP contribution in [0.25, 0.3) is 0 Å². The van der Waals surface area contributed by atoms with Gasteiger partial charge in [0.1, 0.15) is 5.82 Å². The van der Waals surface area contributed by atoms with Gasteiger partial charge in [-0.25, -0.2) is 14.2 Å². The Bertz CT molecular complexity index is 729. The van der Waals surface area contributed by atoms with Crippen molar-refractivity contribution in [2.75, 3.05) is 31.5 Å². The highest BCUT2D eigenvalue weighted by atomic mass is 19.1. The van der Waals surface area contributed by atoms with E-state index in [2.05, 4.69) is 10.7 Å². The summed E-state index contributed by atoms with van der Waals surface area (Å²) < 4.78 is 12.9. The number of rotatable bonds is 3. The zero-order valence-corrected chi connectivity index (χ0v) is 13.6. The normalized spacial score (nSPS) is 14.8. The summed E-state index contributed by atoms with van der Waals surface area (Å²) in [5, 5.41) is 4.61. The van der Waals surface area contributed by atoms with Gasteiger partial charge >= 0.3 is 6.03 Å². The van der Waals surface area contributed by atoms with Crippen LogP contribution in [-0.4, -0.2) is 48.0 Å². The number of urea groups is 1. The summed E-state index contributed by atoms with van der Waals surface area (Å²) in [5.74, 6) is -0.670. The zero-order valence-electron chi connectivity index (χ0n) is 13.6. The number of carbonyl (C=O) groups is 2. The third kappa shape index (κ3) is 4.54. The summed E-state index contributed by atoms with van der Waals surface area (Å²) in [6, 6.07) is 14.5. The smallest absolute Gasteiger partial charge is 0.321 e. The first-order valence-electron chi connectivity index (χ1n) is 8.04. The molecule has 130 valence electrons. The van der Waals surface area contributed by atoms with Crippen molar-refractivity contribution in [2.45, 2.75) is 0 Å². The van der Waals surface area contributed by atoms with Gasteiger partial charge in [0.2, 0.25) is 0 Å². The predicted octanol–water partition coefficient (Wildman–Crippen LogP) is 2.32. The lowest BCUT2D eigenvalue weighted by Crippen LogP contribution is -2.55. The van der Waals surface area contributed by atoms with Crippen LogP contribution in [0.3, 0.4) is 0 Å². The number of para-hydroxylation sites is 1. The van der Waals surface area contributed by atoms with Crippen molar-refractivity contribution < 1.29 is 14.0 Å². The van der Waals surface area contributed by atoms with Gasteiger partial charge in [-0.3, -0.25) is 10.2 Å². The van der Waals surface area contributed by atoms with E-state index in [9.17, 15) is 14.0 Å². The summed E-state index contributed by atoms with van der Waals surface area (Å²) >= 11 is 0. The molecule has 1 fully saturated rings. The highest BCUT2D eigenvalue weighted by molar-refractivity contribution is 5.93. The molecule has 0 bridgehead atoms. The Balaban J connectivity index is 1.47. The Morgan fingerprint density at radius 3 is 2.16 bits per heavy atom. The minimum Gasteiger partial charge on any atom is -0.322 e. The number of nitrogens with one attached hydrogen (secondary N) is 2. The molecule has 1 saturated heterocycles. The summed E-state index contributed by atoms with van der Waals surface area (Å²) in [4.78, 5) is 26.0. The SMILES string of the molecule is O=C(NN1CCN(C(=O)Nc2ccccc2)CC1)c1ccc(F)cc1. The molecule has 0 radical (unpaired) electrons. The average Bonchev–Trinajstić information content (AvgIpc) is 2.63. The second-order valence-electron chi connectivity index (χ2n) is 5.72.